The van der Waals surface area contributed by atoms with Gasteiger partial charge in [-0.2, -0.15) is 0 Å². The topological polar surface area (TPSA) is 177 Å². The third-order valence-corrected chi connectivity index (χ3v) is 13.2. The van der Waals surface area contributed by atoms with E-state index in [0.717, 1.165) is 38.6 Å². The monoisotopic (exact) mass is 995 g/mol. The Morgan fingerprint density at radius 2 is 1.85 bits per heavy atom. The molecular weight excluding hydrogens is 950 g/mol. The molecule has 320 valence electrons. The summed E-state index contributed by atoms with van der Waals surface area (Å²) in [7, 11) is 1.36. The van der Waals surface area contributed by atoms with E-state index in [0.29, 0.717) is 30.0 Å². The zero-order valence-electron chi connectivity index (χ0n) is 34.5. The average molecular weight is 996 g/mol. The number of alkyl carbamates (subject to hydrolysis) is 1. The molecule has 3 atom stereocenters. The number of pyridine rings is 1. The van der Waals surface area contributed by atoms with E-state index in [2.05, 4.69) is 22.4 Å². The molecule has 3 aliphatic heterocycles. The van der Waals surface area contributed by atoms with Gasteiger partial charge in [0.15, 0.2) is 30.4 Å². The maximum atomic E-state index is 14.1. The van der Waals surface area contributed by atoms with Crippen molar-refractivity contribution in [2.24, 2.45) is 16.1 Å². The summed E-state index contributed by atoms with van der Waals surface area (Å²) in [5.74, 6) is -1.58. The lowest BCUT2D eigenvalue weighted by atomic mass is 9.89. The van der Waals surface area contributed by atoms with Crippen LogP contribution in [0.1, 0.15) is 83.6 Å². The van der Waals surface area contributed by atoms with Crippen LogP contribution in [0.15, 0.2) is 81.0 Å². The highest BCUT2D eigenvalue weighted by atomic mass is 127. The summed E-state index contributed by atoms with van der Waals surface area (Å²) in [4.78, 5) is 70.5. The predicted octanol–water partition coefficient (Wildman–Crippen LogP) is 3.47. The van der Waals surface area contributed by atoms with Gasteiger partial charge in [0.05, 0.1) is 22.3 Å². The number of benzene rings is 1. The van der Waals surface area contributed by atoms with Gasteiger partial charge in [0.2, 0.25) is 5.91 Å². The van der Waals surface area contributed by atoms with Crippen molar-refractivity contribution < 1.29 is 62.0 Å². The Morgan fingerprint density at radius 1 is 1.10 bits per heavy atom. The fourth-order valence-corrected chi connectivity index (χ4v) is 10.0. The third kappa shape index (κ3) is 10.6. The Kier molecular flexibility index (Phi) is 14.6. The van der Waals surface area contributed by atoms with Gasteiger partial charge in [-0.05, 0) is 51.3 Å². The molecule has 2 amide bonds. The molecule has 14 nitrogen and oxygen atoms in total. The van der Waals surface area contributed by atoms with E-state index in [1.807, 2.05) is 71.9 Å². The van der Waals surface area contributed by atoms with E-state index >= 15 is 0 Å². The van der Waals surface area contributed by atoms with Crippen molar-refractivity contribution in [1.82, 2.24) is 15.2 Å². The zero-order chi connectivity index (χ0) is 42.7. The SMILES string of the molecule is CCc1ccc(COC(=O)C2=C(C[n+]3ccc4c(c3)C(Cc3cc(C(=N)NC(=O)OC(C)(C)C)cs3)N=C4)CS[C@@H]3[C@H](CC(=O)/C(=N\OC)c4csc(C)n4)C(=O)N23)cc1.[I-]. The molecule has 0 bridgehead atoms. The number of aryl methyl sites for hydroxylation is 2. The summed E-state index contributed by atoms with van der Waals surface area (Å²) < 4.78 is 13.2. The summed E-state index contributed by atoms with van der Waals surface area (Å²) in [6.07, 6.45) is 6.47. The largest absolute Gasteiger partial charge is 1.00 e. The summed E-state index contributed by atoms with van der Waals surface area (Å²) in [5, 5.41) is 18.7. The number of nitrogens with one attached hydrogen (secondary N) is 2. The number of aromatic nitrogens is 2. The first-order chi connectivity index (χ1) is 28.7. The number of Topliss-reactive ketones (excluding diaryl/α,β-unsaturated/α-hetero) is 1. The highest BCUT2D eigenvalue weighted by Gasteiger charge is 2.55. The molecular formula is C43H46IN7O7S3. The van der Waals surface area contributed by atoms with Crippen LogP contribution in [-0.2, 0) is 54.7 Å². The second kappa shape index (κ2) is 19.5. The van der Waals surface area contributed by atoms with Gasteiger partial charge in [-0.25, -0.2) is 19.1 Å². The molecule has 1 saturated heterocycles. The Labute approximate surface area is 383 Å². The average Bonchev–Trinajstić information content (AvgIpc) is 3.97. The smallest absolute Gasteiger partial charge is 0.413 e. The molecule has 1 aromatic carbocycles. The Morgan fingerprint density at radius 3 is 2.54 bits per heavy atom. The van der Waals surface area contributed by atoms with Crippen LogP contribution in [0.4, 0.5) is 4.79 Å². The number of halogens is 1. The summed E-state index contributed by atoms with van der Waals surface area (Å²) in [6.45, 7) is 9.55. The van der Waals surface area contributed by atoms with Gasteiger partial charge in [-0.3, -0.25) is 30.2 Å². The highest BCUT2D eigenvalue weighted by Crippen LogP contribution is 2.46. The number of thiophene rings is 1. The molecule has 18 heteroatoms. The van der Waals surface area contributed by atoms with Crippen LogP contribution in [0.2, 0.25) is 0 Å². The number of amidine groups is 1. The predicted molar refractivity (Wildman–Crippen MR) is 230 cm³/mol. The summed E-state index contributed by atoms with van der Waals surface area (Å²) >= 11 is 4.38. The molecule has 6 heterocycles. The van der Waals surface area contributed by atoms with Gasteiger partial charge in [-0.15, -0.1) is 34.4 Å². The quantitative estimate of drug-likeness (QED) is 0.0365. The van der Waals surface area contributed by atoms with E-state index in [1.165, 1.54) is 52.0 Å². The summed E-state index contributed by atoms with van der Waals surface area (Å²) in [6, 6.07) is 11.5. The maximum Gasteiger partial charge on any atom is 0.413 e. The number of hydrogen-bond acceptors (Lipinski definition) is 14. The number of ketones is 1. The molecule has 0 spiro atoms. The Hall–Kier alpha value is -4.79. The van der Waals surface area contributed by atoms with Crippen molar-refractivity contribution >= 4 is 76.0 Å². The number of thiazole rings is 1. The number of rotatable bonds is 14. The number of hydrogen-bond donors (Lipinski definition) is 2. The minimum Gasteiger partial charge on any atom is -1.00 e. The fourth-order valence-electron chi connectivity index (χ4n) is 7.10. The van der Waals surface area contributed by atoms with Crippen LogP contribution < -0.4 is 33.9 Å². The van der Waals surface area contributed by atoms with Gasteiger partial charge in [0.1, 0.15) is 36.5 Å². The minimum absolute atomic E-state index is 0. The van der Waals surface area contributed by atoms with Crippen molar-refractivity contribution in [3.05, 3.63) is 114 Å². The molecule has 3 aliphatic rings. The molecule has 61 heavy (non-hydrogen) atoms. The van der Waals surface area contributed by atoms with E-state index in [-0.39, 0.29) is 72.0 Å². The molecule has 0 aliphatic carbocycles. The van der Waals surface area contributed by atoms with E-state index < -0.39 is 29.0 Å². The first-order valence-electron chi connectivity index (χ1n) is 19.4. The third-order valence-electron chi connectivity index (χ3n) is 10.0. The standard InChI is InChI=1S/C43H45N7O7S3.HI/c1-7-25-8-10-26(11-9-25)20-56-41(53)37-29(22-60-40-31(39(52)50(37)40)16-35(51)36(48-55-6)34-23-58-24(2)46-34)18-49-13-12-27-17-45-33(32(27)19-49)15-30-14-28(21-59-30)38(44)47-42(54)57-43(3,4)5;/h8-14,17,19,21,23,31,33,40H,7,15-16,18,20,22H2,1-6H3,(H-,44,47,54);1H/b48-36-;/t31-,33?,40-;/m1./s1. The number of thioether (sulfide) groups is 1. The second-order valence-electron chi connectivity index (χ2n) is 15.5. The van der Waals surface area contributed by atoms with E-state index in [4.69, 9.17) is 24.7 Å². The number of β-lactam (4-membered cyclic amide) rings is 1. The van der Waals surface area contributed by atoms with Gasteiger partial charge in [-0.1, -0.05) is 36.3 Å². The number of oxime groups is 1. The fraction of sp³-hybridized carbons (Fsp3) is 0.372. The van der Waals surface area contributed by atoms with Gasteiger partial charge < -0.3 is 38.3 Å². The first kappa shape index (κ1) is 45.7. The molecule has 0 saturated carbocycles. The van der Waals surface area contributed by atoms with Crippen molar-refractivity contribution in [2.45, 2.75) is 84.0 Å². The maximum absolute atomic E-state index is 14.1. The van der Waals surface area contributed by atoms with Crippen LogP contribution >= 0.6 is 34.4 Å². The molecule has 0 radical (unpaired) electrons. The van der Waals surface area contributed by atoms with Crippen molar-refractivity contribution in [2.75, 3.05) is 12.9 Å². The van der Waals surface area contributed by atoms with E-state index in [9.17, 15) is 19.2 Å². The zero-order valence-corrected chi connectivity index (χ0v) is 39.1. The van der Waals surface area contributed by atoms with Gasteiger partial charge >= 0.3 is 12.1 Å². The van der Waals surface area contributed by atoms with Crippen LogP contribution in [0, 0.1) is 18.3 Å². The molecule has 3 aromatic heterocycles. The van der Waals surface area contributed by atoms with E-state index in [1.54, 1.807) is 26.2 Å². The molecule has 2 N–H and O–H groups in total. The molecule has 1 unspecified atom stereocenters. The van der Waals surface area contributed by atoms with Crippen molar-refractivity contribution in [3.63, 3.8) is 0 Å². The van der Waals surface area contributed by atoms with Gasteiger partial charge in [0, 0.05) is 68.8 Å². The lowest BCUT2D eigenvalue weighted by Crippen LogP contribution is -3.00. The summed E-state index contributed by atoms with van der Waals surface area (Å²) in [5.41, 5.74) is 5.25. The highest BCUT2D eigenvalue weighted by molar-refractivity contribution is 8.00. The van der Waals surface area contributed by atoms with Crippen LogP contribution in [-0.4, -0.2) is 75.2 Å². The lowest BCUT2D eigenvalue weighted by Gasteiger charge is -2.49. The minimum atomic E-state index is -0.684. The number of ether oxygens (including phenoxy) is 2. The number of fused-ring (bicyclic) bond motifs is 2. The lowest BCUT2D eigenvalue weighted by molar-refractivity contribution is -0.689. The van der Waals surface area contributed by atoms with Gasteiger partial charge in [0.25, 0.3) is 0 Å². The van der Waals surface area contributed by atoms with Crippen LogP contribution in [0.3, 0.4) is 0 Å². The molecule has 7 rings (SSSR count). The molecule has 1 fully saturated rings. The first-order valence-corrected chi connectivity index (χ1v) is 22.2. The van der Waals surface area contributed by atoms with Crippen LogP contribution in [0.5, 0.6) is 0 Å². The van der Waals surface area contributed by atoms with Crippen molar-refractivity contribution in [1.29, 1.82) is 5.41 Å². The number of carbonyl (C=O) groups excluding carboxylic acids is 4. The Balaban J connectivity index is 0.00000622. The van der Waals surface area contributed by atoms with Crippen LogP contribution in [0.25, 0.3) is 0 Å². The normalized spacial score (nSPS) is 18.1. The number of aliphatic imine (C=N–C) groups is 1. The molecule has 4 aromatic rings. The number of nitrogens with zero attached hydrogens (tertiary/aromatic N) is 5. The number of esters is 1. The number of amides is 2. The second-order valence-corrected chi connectivity index (χ2v) is 18.7. The van der Waals surface area contributed by atoms with Crippen molar-refractivity contribution in [3.8, 4) is 0 Å². The Bertz CT molecular complexity index is 2440. The number of carbonyl (C=O) groups is 4.